The molecule has 1 saturated heterocycles. The van der Waals surface area contributed by atoms with Crippen LogP contribution in [0.15, 0.2) is 11.4 Å². The summed E-state index contributed by atoms with van der Waals surface area (Å²) in [5.41, 5.74) is 1.43. The maximum Gasteiger partial charge on any atom is 0.0592 e. The SMILES string of the molecule is Cc1ccsc1C(C(C)N1CCNCC1)N(C)C. The van der Waals surface area contributed by atoms with Gasteiger partial charge in [-0.25, -0.2) is 0 Å². The predicted octanol–water partition coefficient (Wildman–Crippen LogP) is 1.95. The normalized spacial score (nSPS) is 21.2. The summed E-state index contributed by atoms with van der Waals surface area (Å²) in [6.07, 6.45) is 0. The Bertz CT molecular complexity index is 369. The molecule has 1 aromatic heterocycles. The van der Waals surface area contributed by atoms with Crippen molar-refractivity contribution < 1.29 is 0 Å². The third kappa shape index (κ3) is 2.94. The van der Waals surface area contributed by atoms with E-state index in [-0.39, 0.29) is 0 Å². The molecule has 0 aliphatic carbocycles. The van der Waals surface area contributed by atoms with Crippen LogP contribution in [-0.2, 0) is 0 Å². The zero-order valence-corrected chi connectivity index (χ0v) is 12.8. The summed E-state index contributed by atoms with van der Waals surface area (Å²) in [4.78, 5) is 6.50. The number of nitrogens with zero attached hydrogens (tertiary/aromatic N) is 2. The van der Waals surface area contributed by atoms with Crippen LogP contribution in [-0.4, -0.2) is 56.1 Å². The highest BCUT2D eigenvalue weighted by molar-refractivity contribution is 7.10. The summed E-state index contributed by atoms with van der Waals surface area (Å²) < 4.78 is 0. The number of nitrogens with one attached hydrogen (secondary N) is 1. The Morgan fingerprint density at radius 2 is 2.00 bits per heavy atom. The molecule has 0 bridgehead atoms. The Labute approximate surface area is 115 Å². The molecular weight excluding hydrogens is 242 g/mol. The van der Waals surface area contributed by atoms with Gasteiger partial charge in [0, 0.05) is 37.1 Å². The van der Waals surface area contributed by atoms with Gasteiger partial charge < -0.3 is 10.2 Å². The minimum absolute atomic E-state index is 0.503. The molecule has 0 saturated carbocycles. The summed E-state index contributed by atoms with van der Waals surface area (Å²) in [6.45, 7) is 9.16. The molecule has 2 heterocycles. The van der Waals surface area contributed by atoms with Crippen molar-refractivity contribution in [2.45, 2.75) is 25.9 Å². The average Bonchev–Trinajstić information content (AvgIpc) is 2.76. The van der Waals surface area contributed by atoms with Gasteiger partial charge in [0.1, 0.15) is 0 Å². The van der Waals surface area contributed by atoms with Crippen LogP contribution in [0.3, 0.4) is 0 Å². The molecule has 1 aliphatic heterocycles. The van der Waals surface area contributed by atoms with Gasteiger partial charge >= 0.3 is 0 Å². The van der Waals surface area contributed by atoms with E-state index in [9.17, 15) is 0 Å². The van der Waals surface area contributed by atoms with Crippen molar-refractivity contribution in [1.29, 1.82) is 0 Å². The van der Waals surface area contributed by atoms with Gasteiger partial charge in [0.25, 0.3) is 0 Å². The molecule has 2 atom stereocenters. The number of likely N-dealkylation sites (N-methyl/N-ethyl adjacent to an activating group) is 1. The van der Waals surface area contributed by atoms with E-state index < -0.39 is 0 Å². The highest BCUT2D eigenvalue weighted by Gasteiger charge is 2.29. The first-order valence-corrected chi connectivity index (χ1v) is 7.64. The molecular formula is C14H25N3S. The summed E-state index contributed by atoms with van der Waals surface area (Å²) in [7, 11) is 4.39. The number of piperazine rings is 1. The zero-order valence-electron chi connectivity index (χ0n) is 11.9. The third-order valence-corrected chi connectivity index (χ3v) is 5.00. The first-order chi connectivity index (χ1) is 8.61. The predicted molar refractivity (Wildman–Crippen MR) is 79.4 cm³/mol. The third-order valence-electron chi connectivity index (χ3n) is 3.91. The molecule has 2 unspecified atom stereocenters. The molecule has 0 amide bonds. The molecule has 1 fully saturated rings. The summed E-state index contributed by atoms with van der Waals surface area (Å²) in [6, 6.07) is 3.31. The van der Waals surface area contributed by atoms with Crippen molar-refractivity contribution in [2.75, 3.05) is 40.3 Å². The van der Waals surface area contributed by atoms with Crippen LogP contribution in [0.4, 0.5) is 0 Å². The first-order valence-electron chi connectivity index (χ1n) is 6.76. The number of aryl methyl sites for hydroxylation is 1. The lowest BCUT2D eigenvalue weighted by atomic mass is 10.0. The van der Waals surface area contributed by atoms with Gasteiger partial charge in [-0.2, -0.15) is 0 Å². The molecule has 3 nitrogen and oxygen atoms in total. The smallest absolute Gasteiger partial charge is 0.0592 e. The van der Waals surface area contributed by atoms with E-state index >= 15 is 0 Å². The van der Waals surface area contributed by atoms with Gasteiger partial charge in [-0.05, 0) is 45.0 Å². The summed E-state index contributed by atoms with van der Waals surface area (Å²) >= 11 is 1.89. The number of hydrogen-bond acceptors (Lipinski definition) is 4. The molecule has 1 N–H and O–H groups in total. The van der Waals surface area contributed by atoms with Crippen molar-refractivity contribution in [3.8, 4) is 0 Å². The Morgan fingerprint density at radius 3 is 2.50 bits per heavy atom. The van der Waals surface area contributed by atoms with E-state index in [0.717, 1.165) is 26.2 Å². The second-order valence-electron chi connectivity index (χ2n) is 5.40. The minimum atomic E-state index is 0.503. The van der Waals surface area contributed by atoms with E-state index in [0.29, 0.717) is 12.1 Å². The fourth-order valence-corrected chi connectivity index (χ4v) is 4.08. The highest BCUT2D eigenvalue weighted by atomic mass is 32.1. The standard InChI is InChI=1S/C14H25N3S/c1-11-5-10-18-14(11)13(16(3)4)12(2)17-8-6-15-7-9-17/h5,10,12-13,15H,6-9H2,1-4H3. The molecule has 4 heteroatoms. The van der Waals surface area contributed by atoms with Crippen molar-refractivity contribution in [3.63, 3.8) is 0 Å². The molecule has 1 aromatic rings. The Kier molecular flexibility index (Phi) is 4.78. The number of rotatable bonds is 4. The molecule has 0 aromatic carbocycles. The lowest BCUT2D eigenvalue weighted by Gasteiger charge is -2.40. The van der Waals surface area contributed by atoms with Crippen molar-refractivity contribution in [3.05, 3.63) is 21.9 Å². The van der Waals surface area contributed by atoms with Gasteiger partial charge in [-0.3, -0.25) is 4.90 Å². The van der Waals surface area contributed by atoms with E-state index in [1.807, 2.05) is 11.3 Å². The quantitative estimate of drug-likeness (QED) is 0.899. The Balaban J connectivity index is 2.17. The Hall–Kier alpha value is -0.420. The van der Waals surface area contributed by atoms with Crippen LogP contribution >= 0.6 is 11.3 Å². The topological polar surface area (TPSA) is 18.5 Å². The van der Waals surface area contributed by atoms with Crippen molar-refractivity contribution in [2.24, 2.45) is 0 Å². The van der Waals surface area contributed by atoms with Crippen LogP contribution in [0.2, 0.25) is 0 Å². The molecule has 0 radical (unpaired) electrons. The van der Waals surface area contributed by atoms with Crippen LogP contribution in [0.1, 0.15) is 23.4 Å². The molecule has 102 valence electrons. The summed E-state index contributed by atoms with van der Waals surface area (Å²) in [5, 5.41) is 5.65. The molecule has 18 heavy (non-hydrogen) atoms. The monoisotopic (exact) mass is 267 g/mol. The first kappa shape index (κ1) is 14.0. The number of thiophene rings is 1. The fraction of sp³-hybridized carbons (Fsp3) is 0.714. The van der Waals surface area contributed by atoms with Gasteiger partial charge in [-0.1, -0.05) is 0 Å². The highest BCUT2D eigenvalue weighted by Crippen LogP contribution is 2.32. The van der Waals surface area contributed by atoms with Gasteiger partial charge in [-0.15, -0.1) is 11.3 Å². The van der Waals surface area contributed by atoms with Gasteiger partial charge in [0.05, 0.1) is 6.04 Å². The maximum atomic E-state index is 3.43. The second kappa shape index (κ2) is 6.15. The van der Waals surface area contributed by atoms with Crippen LogP contribution in [0.5, 0.6) is 0 Å². The van der Waals surface area contributed by atoms with E-state index in [2.05, 4.69) is 54.5 Å². The molecule has 1 aliphatic rings. The summed E-state index contributed by atoms with van der Waals surface area (Å²) in [5.74, 6) is 0. The van der Waals surface area contributed by atoms with E-state index in [4.69, 9.17) is 0 Å². The maximum absolute atomic E-state index is 3.43. The largest absolute Gasteiger partial charge is 0.314 e. The number of hydrogen-bond donors (Lipinski definition) is 1. The van der Waals surface area contributed by atoms with Crippen molar-refractivity contribution in [1.82, 2.24) is 15.1 Å². The minimum Gasteiger partial charge on any atom is -0.314 e. The zero-order chi connectivity index (χ0) is 13.1. The van der Waals surface area contributed by atoms with E-state index in [1.165, 1.54) is 10.4 Å². The van der Waals surface area contributed by atoms with E-state index in [1.54, 1.807) is 0 Å². The van der Waals surface area contributed by atoms with Crippen LogP contribution < -0.4 is 5.32 Å². The second-order valence-corrected chi connectivity index (χ2v) is 6.35. The fourth-order valence-electron chi connectivity index (χ4n) is 2.86. The van der Waals surface area contributed by atoms with Gasteiger partial charge in [0.15, 0.2) is 0 Å². The van der Waals surface area contributed by atoms with Crippen molar-refractivity contribution >= 4 is 11.3 Å². The van der Waals surface area contributed by atoms with Crippen LogP contribution in [0, 0.1) is 6.92 Å². The van der Waals surface area contributed by atoms with Crippen LogP contribution in [0.25, 0.3) is 0 Å². The Morgan fingerprint density at radius 1 is 1.33 bits per heavy atom. The lowest BCUT2D eigenvalue weighted by molar-refractivity contribution is 0.107. The molecule has 2 rings (SSSR count). The van der Waals surface area contributed by atoms with Gasteiger partial charge in [0.2, 0.25) is 0 Å². The molecule has 0 spiro atoms. The lowest BCUT2D eigenvalue weighted by Crippen LogP contribution is -2.51. The average molecular weight is 267 g/mol.